The summed E-state index contributed by atoms with van der Waals surface area (Å²) in [5, 5.41) is 2.56. The highest BCUT2D eigenvalue weighted by Crippen LogP contribution is 2.18. The molecule has 4 nitrogen and oxygen atoms in total. The van der Waals surface area contributed by atoms with Crippen LogP contribution in [-0.4, -0.2) is 29.8 Å². The molecule has 1 aromatic carbocycles. The second-order valence-corrected chi connectivity index (χ2v) is 4.24. The van der Waals surface area contributed by atoms with Crippen LogP contribution in [0.4, 0.5) is 0 Å². The second-order valence-electron chi connectivity index (χ2n) is 4.24. The maximum Gasteiger partial charge on any atom is 0.253 e. The Balaban J connectivity index is 2.00. The van der Waals surface area contributed by atoms with Crippen molar-refractivity contribution in [2.45, 2.75) is 6.42 Å². The van der Waals surface area contributed by atoms with Gasteiger partial charge in [-0.25, -0.2) is 0 Å². The fourth-order valence-corrected chi connectivity index (χ4v) is 2.09. The standard InChI is InChI=1S/C14H16N2O2/c1-2-15-13(17)12-8-9-16(10-12)14(18)11-6-4-3-5-7-11/h2-7,12H,1,8-10H2,(H,15,17)/i3T. The molecule has 1 aliphatic heterocycles. The van der Waals surface area contributed by atoms with Gasteiger partial charge in [-0.1, -0.05) is 24.8 Å². The quantitative estimate of drug-likeness (QED) is 0.876. The van der Waals surface area contributed by atoms with Gasteiger partial charge in [0, 0.05) is 18.7 Å². The molecule has 1 atom stereocenters. The minimum atomic E-state index is -0.169. The first-order chi connectivity index (χ1) is 9.11. The number of carbonyl (C=O) groups excluding carboxylic acids is 2. The number of carbonyl (C=O) groups is 2. The van der Waals surface area contributed by atoms with Gasteiger partial charge in [0.15, 0.2) is 0 Å². The number of hydrogen-bond donors (Lipinski definition) is 1. The number of likely N-dealkylation sites (tertiary alicyclic amines) is 1. The summed E-state index contributed by atoms with van der Waals surface area (Å²) >= 11 is 0. The van der Waals surface area contributed by atoms with E-state index in [1.54, 1.807) is 29.2 Å². The molecule has 0 aromatic heterocycles. The summed E-state index contributed by atoms with van der Waals surface area (Å²) in [7, 11) is 0. The van der Waals surface area contributed by atoms with E-state index in [0.29, 0.717) is 31.1 Å². The third-order valence-corrected chi connectivity index (χ3v) is 3.06. The van der Waals surface area contributed by atoms with E-state index in [1.807, 2.05) is 0 Å². The Labute approximate surface area is 108 Å². The van der Waals surface area contributed by atoms with Crippen molar-refractivity contribution in [3.05, 3.63) is 48.7 Å². The molecular formula is C14H16N2O2. The molecule has 0 aliphatic carbocycles. The molecule has 1 saturated heterocycles. The zero-order chi connectivity index (χ0) is 13.8. The third-order valence-electron chi connectivity index (χ3n) is 3.06. The second kappa shape index (κ2) is 5.49. The number of amides is 2. The zero-order valence-electron chi connectivity index (χ0n) is 11.1. The van der Waals surface area contributed by atoms with Gasteiger partial charge in [-0.2, -0.15) is 0 Å². The number of nitrogens with one attached hydrogen (secondary N) is 1. The van der Waals surface area contributed by atoms with Crippen molar-refractivity contribution in [1.82, 2.24) is 10.2 Å². The van der Waals surface area contributed by atoms with Gasteiger partial charge in [0.25, 0.3) is 5.91 Å². The highest BCUT2D eigenvalue weighted by atomic mass is 16.2. The average molecular weight is 246 g/mol. The first-order valence-corrected chi connectivity index (χ1v) is 5.89. The van der Waals surface area contributed by atoms with Crippen molar-refractivity contribution in [2.75, 3.05) is 13.1 Å². The lowest BCUT2D eigenvalue weighted by Gasteiger charge is -2.16. The largest absolute Gasteiger partial charge is 0.338 e. The van der Waals surface area contributed by atoms with Crippen LogP contribution >= 0.6 is 0 Å². The van der Waals surface area contributed by atoms with E-state index in [9.17, 15) is 9.59 Å². The number of nitrogens with zero attached hydrogens (tertiary/aromatic N) is 1. The Morgan fingerprint density at radius 3 is 2.89 bits per heavy atom. The fourth-order valence-electron chi connectivity index (χ4n) is 2.09. The molecular weight excluding hydrogens is 228 g/mol. The molecule has 1 fully saturated rings. The van der Waals surface area contributed by atoms with Crippen LogP contribution in [0.15, 0.2) is 43.1 Å². The Morgan fingerprint density at radius 2 is 2.22 bits per heavy atom. The molecule has 0 spiro atoms. The molecule has 1 aromatic rings. The van der Waals surface area contributed by atoms with E-state index in [2.05, 4.69) is 11.9 Å². The Kier molecular flexibility index (Phi) is 3.36. The van der Waals surface area contributed by atoms with Crippen molar-refractivity contribution in [2.24, 2.45) is 5.92 Å². The first kappa shape index (κ1) is 11.0. The van der Waals surface area contributed by atoms with Crippen LogP contribution in [0, 0.1) is 5.92 Å². The van der Waals surface area contributed by atoms with Gasteiger partial charge < -0.3 is 10.2 Å². The van der Waals surface area contributed by atoms with Gasteiger partial charge in [0.05, 0.1) is 7.29 Å². The summed E-state index contributed by atoms with van der Waals surface area (Å²) < 4.78 is 7.39. The van der Waals surface area contributed by atoms with E-state index in [4.69, 9.17) is 1.37 Å². The smallest absolute Gasteiger partial charge is 0.253 e. The molecule has 94 valence electrons. The van der Waals surface area contributed by atoms with Gasteiger partial charge in [0.2, 0.25) is 5.91 Å². The molecule has 1 N–H and O–H groups in total. The molecule has 0 radical (unpaired) electrons. The van der Waals surface area contributed by atoms with Crippen molar-refractivity contribution in [1.29, 1.82) is 0 Å². The van der Waals surface area contributed by atoms with E-state index < -0.39 is 0 Å². The molecule has 1 heterocycles. The van der Waals surface area contributed by atoms with Crippen LogP contribution in [-0.2, 0) is 4.79 Å². The van der Waals surface area contributed by atoms with Crippen LogP contribution in [0.2, 0.25) is 0 Å². The van der Waals surface area contributed by atoms with Crippen LogP contribution in [0.5, 0.6) is 0 Å². The summed E-state index contributed by atoms with van der Waals surface area (Å²) in [4.78, 5) is 25.5. The molecule has 1 aliphatic rings. The Morgan fingerprint density at radius 1 is 1.50 bits per heavy atom. The van der Waals surface area contributed by atoms with E-state index in [0.717, 1.165) is 0 Å². The van der Waals surface area contributed by atoms with Gasteiger partial charge in [0.1, 0.15) is 0 Å². The van der Waals surface area contributed by atoms with Gasteiger partial charge in [-0.15, -0.1) is 0 Å². The third kappa shape index (κ3) is 2.59. The predicted molar refractivity (Wildman–Crippen MR) is 68.8 cm³/mol. The van der Waals surface area contributed by atoms with Crippen LogP contribution in [0.1, 0.15) is 18.1 Å². The highest BCUT2D eigenvalue weighted by Gasteiger charge is 2.30. The predicted octanol–water partition coefficient (Wildman–Crippen LogP) is 1.41. The van der Waals surface area contributed by atoms with E-state index in [-0.39, 0.29) is 17.7 Å². The molecule has 18 heavy (non-hydrogen) atoms. The van der Waals surface area contributed by atoms with E-state index >= 15 is 0 Å². The van der Waals surface area contributed by atoms with E-state index in [1.165, 1.54) is 6.20 Å². The first-order valence-electron chi connectivity index (χ1n) is 6.39. The van der Waals surface area contributed by atoms with Crippen molar-refractivity contribution >= 4 is 11.8 Å². The summed E-state index contributed by atoms with van der Waals surface area (Å²) in [6, 6.07) is 6.83. The number of rotatable bonds is 3. The molecule has 2 amide bonds. The summed E-state index contributed by atoms with van der Waals surface area (Å²) in [5.41, 5.74) is 0.556. The van der Waals surface area contributed by atoms with Crippen LogP contribution in [0.25, 0.3) is 0 Å². The molecule has 2 rings (SSSR count). The van der Waals surface area contributed by atoms with Gasteiger partial charge >= 0.3 is 0 Å². The minimum absolute atomic E-state index is 0.0890. The monoisotopic (exact) mass is 246 g/mol. The van der Waals surface area contributed by atoms with Crippen molar-refractivity contribution < 1.29 is 11.0 Å². The lowest BCUT2D eigenvalue weighted by atomic mass is 10.1. The fraction of sp³-hybridized carbons (Fsp3) is 0.286. The SMILES string of the molecule is [3H]c1ccc(C(=O)N2CCC(C(=O)NC=C)C2)cc1. The van der Waals surface area contributed by atoms with Gasteiger partial charge in [-0.3, -0.25) is 9.59 Å². The molecule has 0 bridgehead atoms. The van der Waals surface area contributed by atoms with Crippen LogP contribution < -0.4 is 5.32 Å². The van der Waals surface area contributed by atoms with Crippen LogP contribution in [0.3, 0.4) is 0 Å². The summed E-state index contributed by atoms with van der Waals surface area (Å²) in [6.45, 7) is 4.46. The lowest BCUT2D eigenvalue weighted by molar-refractivity contribution is -0.123. The maximum atomic E-state index is 12.2. The Hall–Kier alpha value is -2.10. The number of hydrogen-bond acceptors (Lipinski definition) is 2. The Bertz CT molecular complexity index is 499. The zero-order valence-corrected chi connectivity index (χ0v) is 10.1. The molecule has 1 unspecified atom stereocenters. The highest BCUT2D eigenvalue weighted by molar-refractivity contribution is 5.95. The minimum Gasteiger partial charge on any atom is -0.338 e. The van der Waals surface area contributed by atoms with Crippen molar-refractivity contribution in [3.8, 4) is 0 Å². The average Bonchev–Trinajstić information content (AvgIpc) is 2.89. The topological polar surface area (TPSA) is 49.4 Å². The summed E-state index contributed by atoms with van der Waals surface area (Å²) in [6.07, 6.45) is 2.03. The summed E-state index contributed by atoms with van der Waals surface area (Å²) in [5.74, 6) is -0.349. The van der Waals surface area contributed by atoms with Gasteiger partial charge in [-0.05, 0) is 24.8 Å². The maximum absolute atomic E-state index is 12.2. The van der Waals surface area contributed by atoms with Crippen molar-refractivity contribution in [3.63, 3.8) is 0 Å². The molecule has 0 saturated carbocycles. The molecule has 4 heteroatoms. The lowest BCUT2D eigenvalue weighted by Crippen LogP contribution is -2.32. The normalized spacial score (nSPS) is 19.2. The number of benzene rings is 1.